The summed E-state index contributed by atoms with van der Waals surface area (Å²) in [4.78, 5) is 33.5. The topological polar surface area (TPSA) is 111 Å². The van der Waals surface area contributed by atoms with Gasteiger partial charge in [0.1, 0.15) is 11.7 Å². The summed E-state index contributed by atoms with van der Waals surface area (Å²) < 4.78 is 4.57. The van der Waals surface area contributed by atoms with E-state index in [0.717, 1.165) is 0 Å². The molecule has 1 aromatic rings. The Balaban J connectivity index is 3.09. The Hall–Kier alpha value is -2.64. The number of nitro benzene ring substituents is 1. The molecule has 0 bridgehead atoms. The third-order valence-corrected chi connectivity index (χ3v) is 2.73. The van der Waals surface area contributed by atoms with Gasteiger partial charge in [0.2, 0.25) is 5.91 Å². The van der Waals surface area contributed by atoms with Crippen LogP contribution in [0.4, 0.5) is 11.4 Å². The van der Waals surface area contributed by atoms with Gasteiger partial charge in [-0.25, -0.2) is 4.79 Å². The lowest BCUT2D eigenvalue weighted by Crippen LogP contribution is -2.37. The van der Waals surface area contributed by atoms with Gasteiger partial charge in [-0.05, 0) is 26.0 Å². The zero-order valence-electron chi connectivity index (χ0n) is 12.0. The van der Waals surface area contributed by atoms with E-state index in [-0.39, 0.29) is 22.8 Å². The minimum atomic E-state index is -0.684. The van der Waals surface area contributed by atoms with E-state index < -0.39 is 16.9 Å². The number of hydrogen-bond acceptors (Lipinski definition) is 6. The van der Waals surface area contributed by atoms with E-state index in [1.54, 1.807) is 13.8 Å². The van der Waals surface area contributed by atoms with Crippen LogP contribution in [0.3, 0.4) is 0 Å². The van der Waals surface area contributed by atoms with Gasteiger partial charge in [0, 0.05) is 12.6 Å². The molecule has 1 atom stereocenters. The molecule has 1 rings (SSSR count). The fraction of sp³-hybridized carbons (Fsp3) is 0.385. The summed E-state index contributed by atoms with van der Waals surface area (Å²) in [5, 5.41) is 16.3. The number of benzene rings is 1. The predicted molar refractivity (Wildman–Crippen MR) is 76.2 cm³/mol. The number of hydrogen-bond donors (Lipinski definition) is 2. The van der Waals surface area contributed by atoms with Crippen LogP contribution in [0, 0.1) is 10.1 Å². The van der Waals surface area contributed by atoms with E-state index in [4.69, 9.17) is 0 Å². The van der Waals surface area contributed by atoms with Gasteiger partial charge in [0.05, 0.1) is 17.6 Å². The van der Waals surface area contributed by atoms with Crippen molar-refractivity contribution in [3.8, 4) is 0 Å². The number of methoxy groups -OCH3 is 1. The molecule has 0 aliphatic rings. The molecule has 0 heterocycles. The van der Waals surface area contributed by atoms with Gasteiger partial charge in [-0.2, -0.15) is 0 Å². The SMILES string of the molecule is CCNC(=O)C(C)Nc1cc(C(=O)OC)ccc1[N+](=O)[O-]. The van der Waals surface area contributed by atoms with Gasteiger partial charge in [-0.1, -0.05) is 0 Å². The highest BCUT2D eigenvalue weighted by Gasteiger charge is 2.20. The number of esters is 1. The monoisotopic (exact) mass is 295 g/mol. The van der Waals surface area contributed by atoms with Crippen LogP contribution in [-0.2, 0) is 9.53 Å². The van der Waals surface area contributed by atoms with Gasteiger partial charge in [0.25, 0.3) is 5.69 Å². The summed E-state index contributed by atoms with van der Waals surface area (Å²) in [5.74, 6) is -0.908. The lowest BCUT2D eigenvalue weighted by molar-refractivity contribution is -0.384. The number of carbonyl (C=O) groups excluding carboxylic acids is 2. The highest BCUT2D eigenvalue weighted by atomic mass is 16.6. The number of nitrogens with one attached hydrogen (secondary N) is 2. The van der Waals surface area contributed by atoms with Gasteiger partial charge in [-0.15, -0.1) is 0 Å². The van der Waals surface area contributed by atoms with E-state index in [1.807, 2.05) is 0 Å². The highest BCUT2D eigenvalue weighted by molar-refractivity contribution is 5.92. The van der Waals surface area contributed by atoms with Crippen LogP contribution < -0.4 is 10.6 Å². The quantitative estimate of drug-likeness (QED) is 0.465. The molecule has 1 amide bonds. The molecule has 2 N–H and O–H groups in total. The molecule has 1 aromatic carbocycles. The Morgan fingerprint density at radius 2 is 2.10 bits per heavy atom. The van der Waals surface area contributed by atoms with E-state index in [1.165, 1.54) is 25.3 Å². The molecule has 8 nitrogen and oxygen atoms in total. The first-order valence-electron chi connectivity index (χ1n) is 6.31. The molecule has 0 spiro atoms. The number of anilines is 1. The number of nitrogens with zero attached hydrogens (tertiary/aromatic N) is 1. The van der Waals surface area contributed by atoms with Crippen LogP contribution in [0.25, 0.3) is 0 Å². The molecule has 0 radical (unpaired) electrons. The Morgan fingerprint density at radius 3 is 2.62 bits per heavy atom. The molecular weight excluding hydrogens is 278 g/mol. The zero-order valence-corrected chi connectivity index (χ0v) is 12.0. The van der Waals surface area contributed by atoms with E-state index in [0.29, 0.717) is 6.54 Å². The lowest BCUT2D eigenvalue weighted by Gasteiger charge is -2.15. The number of nitro groups is 1. The summed E-state index contributed by atoms with van der Waals surface area (Å²) >= 11 is 0. The van der Waals surface area contributed by atoms with Crippen LogP contribution in [0.1, 0.15) is 24.2 Å². The highest BCUT2D eigenvalue weighted by Crippen LogP contribution is 2.26. The first-order valence-corrected chi connectivity index (χ1v) is 6.31. The van der Waals surface area contributed by atoms with Crippen molar-refractivity contribution in [2.24, 2.45) is 0 Å². The standard InChI is InChI=1S/C13H17N3O5/c1-4-14-12(17)8(2)15-10-7-9(13(18)21-3)5-6-11(10)16(19)20/h5-8,15H,4H2,1-3H3,(H,14,17). The Kier molecular flexibility index (Phi) is 5.65. The average Bonchev–Trinajstić information content (AvgIpc) is 2.46. The predicted octanol–water partition coefficient (Wildman–Crippen LogP) is 1.32. The zero-order chi connectivity index (χ0) is 16.0. The maximum absolute atomic E-state index is 11.7. The Bertz CT molecular complexity index is 559. The largest absolute Gasteiger partial charge is 0.465 e. The second-order valence-electron chi connectivity index (χ2n) is 4.24. The molecule has 21 heavy (non-hydrogen) atoms. The molecule has 0 aliphatic carbocycles. The summed E-state index contributed by atoms with van der Waals surface area (Å²) in [7, 11) is 1.22. The summed E-state index contributed by atoms with van der Waals surface area (Å²) in [6, 6.07) is 3.10. The average molecular weight is 295 g/mol. The van der Waals surface area contributed by atoms with Crippen LogP contribution in [0.5, 0.6) is 0 Å². The van der Waals surface area contributed by atoms with Crippen molar-refractivity contribution in [1.29, 1.82) is 0 Å². The summed E-state index contributed by atoms with van der Waals surface area (Å²) in [6.45, 7) is 3.79. The number of amides is 1. The van der Waals surface area contributed by atoms with Crippen LogP contribution in [0.2, 0.25) is 0 Å². The van der Waals surface area contributed by atoms with Crippen molar-refractivity contribution in [3.05, 3.63) is 33.9 Å². The molecule has 8 heteroatoms. The number of rotatable bonds is 6. The Labute approximate surface area is 121 Å². The van der Waals surface area contributed by atoms with Crippen LogP contribution in [-0.4, -0.2) is 36.5 Å². The van der Waals surface area contributed by atoms with Crippen LogP contribution in [0.15, 0.2) is 18.2 Å². The maximum Gasteiger partial charge on any atom is 0.337 e. The van der Waals surface area contributed by atoms with Gasteiger partial charge < -0.3 is 15.4 Å². The first kappa shape index (κ1) is 16.4. The molecular formula is C13H17N3O5. The molecule has 0 saturated carbocycles. The molecule has 0 aromatic heterocycles. The second kappa shape index (κ2) is 7.22. The smallest absolute Gasteiger partial charge is 0.337 e. The summed E-state index contributed by atoms with van der Waals surface area (Å²) in [6.07, 6.45) is 0. The number of likely N-dealkylation sites (N-methyl/N-ethyl adjacent to an activating group) is 1. The number of carbonyl (C=O) groups is 2. The fourth-order valence-electron chi connectivity index (χ4n) is 1.68. The van der Waals surface area contributed by atoms with Gasteiger partial charge >= 0.3 is 5.97 Å². The fourth-order valence-corrected chi connectivity index (χ4v) is 1.68. The minimum absolute atomic E-state index is 0.0849. The van der Waals surface area contributed by atoms with Crippen LogP contribution >= 0.6 is 0 Å². The number of ether oxygens (including phenoxy) is 1. The maximum atomic E-state index is 11.7. The molecule has 0 fully saturated rings. The van der Waals surface area contributed by atoms with Crippen molar-refractivity contribution >= 4 is 23.3 Å². The van der Waals surface area contributed by atoms with Crippen molar-refractivity contribution in [3.63, 3.8) is 0 Å². The normalized spacial score (nSPS) is 11.4. The molecule has 0 aliphatic heterocycles. The van der Waals surface area contributed by atoms with Gasteiger partial charge in [0.15, 0.2) is 0 Å². The lowest BCUT2D eigenvalue weighted by atomic mass is 10.1. The van der Waals surface area contributed by atoms with Crippen molar-refractivity contribution in [2.75, 3.05) is 19.0 Å². The summed E-state index contributed by atoms with van der Waals surface area (Å²) in [5.41, 5.74) is 0.0224. The van der Waals surface area contributed by atoms with Gasteiger partial charge in [-0.3, -0.25) is 14.9 Å². The van der Waals surface area contributed by atoms with Crippen molar-refractivity contribution < 1.29 is 19.2 Å². The second-order valence-corrected chi connectivity index (χ2v) is 4.24. The minimum Gasteiger partial charge on any atom is -0.465 e. The van der Waals surface area contributed by atoms with E-state index in [9.17, 15) is 19.7 Å². The first-order chi connectivity index (χ1) is 9.90. The molecule has 0 saturated heterocycles. The molecule has 1 unspecified atom stereocenters. The third kappa shape index (κ3) is 4.16. The van der Waals surface area contributed by atoms with Crippen molar-refractivity contribution in [1.82, 2.24) is 5.32 Å². The molecule has 114 valence electrons. The third-order valence-electron chi connectivity index (χ3n) is 2.73. The van der Waals surface area contributed by atoms with E-state index >= 15 is 0 Å². The van der Waals surface area contributed by atoms with E-state index in [2.05, 4.69) is 15.4 Å². The Morgan fingerprint density at radius 1 is 1.43 bits per heavy atom. The van der Waals surface area contributed by atoms with Crippen molar-refractivity contribution in [2.45, 2.75) is 19.9 Å².